The summed E-state index contributed by atoms with van der Waals surface area (Å²) in [5.41, 5.74) is 0.634. The van der Waals surface area contributed by atoms with Crippen LogP contribution >= 0.6 is 11.8 Å². The summed E-state index contributed by atoms with van der Waals surface area (Å²) in [6.07, 6.45) is 3.65. The molecule has 1 aliphatic heterocycles. The molecule has 0 unspecified atom stereocenters. The summed E-state index contributed by atoms with van der Waals surface area (Å²) in [6, 6.07) is 8.29. The number of pyridine rings is 1. The molecule has 1 saturated heterocycles. The van der Waals surface area contributed by atoms with E-state index in [-0.39, 0.29) is 5.41 Å². The van der Waals surface area contributed by atoms with Crippen LogP contribution in [0.15, 0.2) is 24.4 Å². The first-order valence-electron chi connectivity index (χ1n) is 4.78. The van der Waals surface area contributed by atoms with Crippen LogP contribution in [0.4, 0.5) is 0 Å². The van der Waals surface area contributed by atoms with Gasteiger partial charge < -0.3 is 0 Å². The topological polar surface area (TPSA) is 36.7 Å². The average Bonchev–Trinajstić information content (AvgIpc) is 2.31. The molecule has 1 aliphatic rings. The fourth-order valence-corrected chi connectivity index (χ4v) is 2.98. The highest BCUT2D eigenvalue weighted by Crippen LogP contribution is 2.36. The molecule has 1 aromatic rings. The second-order valence-corrected chi connectivity index (χ2v) is 4.75. The average molecular weight is 204 g/mol. The van der Waals surface area contributed by atoms with Gasteiger partial charge in [-0.15, -0.1) is 0 Å². The zero-order valence-corrected chi connectivity index (χ0v) is 8.76. The van der Waals surface area contributed by atoms with Crippen molar-refractivity contribution in [2.75, 3.05) is 11.5 Å². The van der Waals surface area contributed by atoms with E-state index in [1.54, 1.807) is 6.20 Å². The maximum absolute atomic E-state index is 9.30. The van der Waals surface area contributed by atoms with Crippen LogP contribution < -0.4 is 0 Å². The van der Waals surface area contributed by atoms with Gasteiger partial charge in [-0.05, 0) is 36.5 Å². The second kappa shape index (κ2) is 4.02. The van der Waals surface area contributed by atoms with Gasteiger partial charge in [0.2, 0.25) is 0 Å². The first-order valence-corrected chi connectivity index (χ1v) is 5.93. The predicted octanol–water partition coefficient (Wildman–Crippen LogP) is 2.37. The lowest BCUT2D eigenvalue weighted by Gasteiger charge is -2.29. The molecule has 72 valence electrons. The van der Waals surface area contributed by atoms with Crippen LogP contribution in [0.25, 0.3) is 0 Å². The lowest BCUT2D eigenvalue weighted by molar-refractivity contribution is 0.493. The smallest absolute Gasteiger partial charge is 0.101 e. The Morgan fingerprint density at radius 2 is 2.14 bits per heavy atom. The molecule has 0 bridgehead atoms. The molecular weight excluding hydrogens is 192 g/mol. The largest absolute Gasteiger partial charge is 0.260 e. The molecule has 2 heterocycles. The maximum atomic E-state index is 9.30. The number of aromatic nitrogens is 1. The molecule has 3 heteroatoms. The van der Waals surface area contributed by atoms with Crippen LogP contribution in [0.5, 0.6) is 0 Å². The Labute approximate surface area is 88.4 Å². The van der Waals surface area contributed by atoms with Crippen molar-refractivity contribution in [1.29, 1.82) is 5.26 Å². The number of hydrogen-bond donors (Lipinski definition) is 0. The molecule has 1 fully saturated rings. The Hall–Kier alpha value is -1.01. The van der Waals surface area contributed by atoms with Crippen LogP contribution in [0, 0.1) is 11.3 Å². The highest BCUT2D eigenvalue weighted by molar-refractivity contribution is 7.99. The lowest BCUT2D eigenvalue weighted by atomic mass is 9.80. The fraction of sp³-hybridized carbons (Fsp3) is 0.455. The molecule has 2 nitrogen and oxygen atoms in total. The van der Waals surface area contributed by atoms with E-state index >= 15 is 0 Å². The third-order valence-electron chi connectivity index (χ3n) is 2.72. The third-order valence-corrected chi connectivity index (χ3v) is 3.70. The minimum absolute atomic E-state index is 0.313. The number of rotatable bonds is 1. The Kier molecular flexibility index (Phi) is 2.74. The van der Waals surface area contributed by atoms with Crippen LogP contribution in [0.3, 0.4) is 0 Å². The van der Waals surface area contributed by atoms with Crippen LogP contribution in [-0.2, 0) is 5.41 Å². The van der Waals surface area contributed by atoms with Crippen molar-refractivity contribution in [1.82, 2.24) is 4.98 Å². The zero-order valence-electron chi connectivity index (χ0n) is 7.94. The Morgan fingerprint density at radius 3 is 2.71 bits per heavy atom. The summed E-state index contributed by atoms with van der Waals surface area (Å²) in [5.74, 6) is 2.15. The number of nitrogens with zero attached hydrogens (tertiary/aromatic N) is 2. The minimum Gasteiger partial charge on any atom is -0.260 e. The summed E-state index contributed by atoms with van der Waals surface area (Å²) in [6.45, 7) is 0. The van der Waals surface area contributed by atoms with Gasteiger partial charge in [-0.1, -0.05) is 6.07 Å². The van der Waals surface area contributed by atoms with Crippen LogP contribution in [-0.4, -0.2) is 16.5 Å². The van der Waals surface area contributed by atoms with E-state index < -0.39 is 0 Å². The van der Waals surface area contributed by atoms with E-state index in [2.05, 4.69) is 11.1 Å². The molecule has 0 saturated carbocycles. The molecule has 2 rings (SSSR count). The van der Waals surface area contributed by atoms with E-state index in [4.69, 9.17) is 0 Å². The quantitative estimate of drug-likeness (QED) is 0.704. The predicted molar refractivity (Wildman–Crippen MR) is 58.1 cm³/mol. The molecule has 0 amide bonds. The molecular formula is C11H12N2S. The molecule has 14 heavy (non-hydrogen) atoms. The Morgan fingerprint density at radius 1 is 1.36 bits per heavy atom. The number of thioether (sulfide) groups is 1. The zero-order chi connectivity index (χ0) is 9.86. The van der Waals surface area contributed by atoms with Gasteiger partial charge in [0.05, 0.1) is 11.8 Å². The SMILES string of the molecule is N#CC1(c2ccccn2)CCSCC1. The molecule has 0 N–H and O–H groups in total. The fourth-order valence-electron chi connectivity index (χ4n) is 1.79. The van der Waals surface area contributed by atoms with Crippen molar-refractivity contribution in [3.8, 4) is 6.07 Å². The first kappa shape index (κ1) is 9.54. The van der Waals surface area contributed by atoms with E-state index in [1.807, 2.05) is 30.0 Å². The monoisotopic (exact) mass is 204 g/mol. The second-order valence-electron chi connectivity index (χ2n) is 3.52. The first-order chi connectivity index (χ1) is 6.87. The van der Waals surface area contributed by atoms with Gasteiger partial charge in [-0.25, -0.2) is 0 Å². The third kappa shape index (κ3) is 1.62. The summed E-state index contributed by atoms with van der Waals surface area (Å²) < 4.78 is 0. The lowest BCUT2D eigenvalue weighted by Crippen LogP contribution is -2.30. The minimum atomic E-state index is -0.313. The summed E-state index contributed by atoms with van der Waals surface area (Å²) >= 11 is 1.93. The summed E-state index contributed by atoms with van der Waals surface area (Å²) in [5, 5.41) is 9.30. The van der Waals surface area contributed by atoms with Crippen LogP contribution in [0.2, 0.25) is 0 Å². The summed E-state index contributed by atoms with van der Waals surface area (Å²) in [7, 11) is 0. The van der Waals surface area contributed by atoms with Gasteiger partial charge in [-0.2, -0.15) is 17.0 Å². The van der Waals surface area contributed by atoms with E-state index in [0.717, 1.165) is 30.0 Å². The van der Waals surface area contributed by atoms with Crippen molar-refractivity contribution < 1.29 is 0 Å². The van der Waals surface area contributed by atoms with E-state index in [9.17, 15) is 5.26 Å². The van der Waals surface area contributed by atoms with Gasteiger partial charge in [0, 0.05) is 6.20 Å². The Bertz CT molecular complexity index is 336. The van der Waals surface area contributed by atoms with Gasteiger partial charge in [0.25, 0.3) is 0 Å². The summed E-state index contributed by atoms with van der Waals surface area (Å²) in [4.78, 5) is 4.31. The highest BCUT2D eigenvalue weighted by Gasteiger charge is 2.35. The van der Waals surface area contributed by atoms with Crippen molar-refractivity contribution in [3.63, 3.8) is 0 Å². The van der Waals surface area contributed by atoms with Gasteiger partial charge in [0.15, 0.2) is 0 Å². The van der Waals surface area contributed by atoms with Gasteiger partial charge >= 0.3 is 0 Å². The van der Waals surface area contributed by atoms with Gasteiger partial charge in [0.1, 0.15) is 5.41 Å². The maximum Gasteiger partial charge on any atom is 0.101 e. The van der Waals surface area contributed by atoms with E-state index in [0.29, 0.717) is 0 Å². The molecule has 1 aromatic heterocycles. The van der Waals surface area contributed by atoms with Crippen molar-refractivity contribution >= 4 is 11.8 Å². The van der Waals surface area contributed by atoms with Crippen LogP contribution in [0.1, 0.15) is 18.5 Å². The molecule has 0 atom stereocenters. The molecule has 0 aliphatic carbocycles. The van der Waals surface area contributed by atoms with Gasteiger partial charge in [-0.3, -0.25) is 4.98 Å². The normalized spacial score (nSPS) is 19.9. The molecule has 0 spiro atoms. The Balaban J connectivity index is 2.33. The molecule has 0 radical (unpaired) electrons. The number of hydrogen-bond acceptors (Lipinski definition) is 3. The van der Waals surface area contributed by atoms with Crippen molar-refractivity contribution in [2.24, 2.45) is 0 Å². The van der Waals surface area contributed by atoms with Crippen molar-refractivity contribution in [2.45, 2.75) is 18.3 Å². The van der Waals surface area contributed by atoms with E-state index in [1.165, 1.54) is 0 Å². The highest BCUT2D eigenvalue weighted by atomic mass is 32.2. The number of nitriles is 1. The van der Waals surface area contributed by atoms with Crippen molar-refractivity contribution in [3.05, 3.63) is 30.1 Å². The molecule has 0 aromatic carbocycles. The standard InChI is InChI=1S/C11H12N2S/c12-9-11(4-7-14-8-5-11)10-3-1-2-6-13-10/h1-3,6H,4-5,7-8H2.